The van der Waals surface area contributed by atoms with E-state index in [1.807, 2.05) is 11.3 Å². The standard InChI is InChI=1S/C20H25N4S/c1-13-9-15(23(3)4)11-17-19(13)22-20-14(2)10-16(12-18(20)25-17)24-7-5-21-6-8-24/h9-12,21H,5-8H2,1-4H3/q+1. The molecule has 2 aliphatic heterocycles. The summed E-state index contributed by atoms with van der Waals surface area (Å²) in [7, 11) is 4.18. The maximum Gasteiger partial charge on any atom is 0.201 e. The summed E-state index contributed by atoms with van der Waals surface area (Å²) >= 11 is 1.86. The average molecular weight is 354 g/mol. The van der Waals surface area contributed by atoms with Gasteiger partial charge >= 0.3 is 0 Å². The lowest BCUT2D eigenvalue weighted by Gasteiger charge is -2.30. The Kier molecular flexibility index (Phi) is 4.21. The van der Waals surface area contributed by atoms with Gasteiger partial charge in [0, 0.05) is 44.0 Å². The van der Waals surface area contributed by atoms with Crippen molar-refractivity contribution in [2.24, 2.45) is 0 Å². The quantitative estimate of drug-likeness (QED) is 0.539. The van der Waals surface area contributed by atoms with Gasteiger partial charge in [0.05, 0.1) is 20.8 Å². The first-order valence-corrected chi connectivity index (χ1v) is 9.66. The maximum atomic E-state index is 5.02. The maximum absolute atomic E-state index is 5.02. The third kappa shape index (κ3) is 3.02. The van der Waals surface area contributed by atoms with Crippen LogP contribution in [0.25, 0.3) is 20.8 Å². The van der Waals surface area contributed by atoms with Crippen molar-refractivity contribution in [1.82, 2.24) is 14.9 Å². The van der Waals surface area contributed by atoms with Crippen LogP contribution < -0.4 is 20.1 Å². The molecule has 3 aliphatic rings. The van der Waals surface area contributed by atoms with Crippen LogP contribution in [-0.2, 0) is 0 Å². The molecule has 4 nitrogen and oxygen atoms in total. The molecule has 0 saturated carbocycles. The third-order valence-corrected chi connectivity index (χ3v) is 6.00. The summed E-state index contributed by atoms with van der Waals surface area (Å²) in [5.41, 5.74) is 6.09. The molecule has 1 aromatic carbocycles. The summed E-state index contributed by atoms with van der Waals surface area (Å²) in [4.78, 5) is 8.76. The largest absolute Gasteiger partial charge is 0.369 e. The number of piperazine rings is 1. The molecule has 5 heteroatoms. The van der Waals surface area contributed by atoms with E-state index < -0.39 is 0 Å². The van der Waals surface area contributed by atoms with Gasteiger partial charge < -0.3 is 10.2 Å². The molecule has 25 heavy (non-hydrogen) atoms. The summed E-state index contributed by atoms with van der Waals surface area (Å²) in [5, 5.41) is 4.66. The molecule has 1 fully saturated rings. The zero-order valence-electron chi connectivity index (χ0n) is 15.4. The lowest BCUT2D eigenvalue weighted by molar-refractivity contribution is 0.589. The van der Waals surface area contributed by atoms with Gasteiger partial charge in [-0.2, -0.15) is 0 Å². The van der Waals surface area contributed by atoms with Crippen molar-refractivity contribution in [2.45, 2.75) is 13.8 Å². The van der Waals surface area contributed by atoms with E-state index in [1.165, 1.54) is 31.7 Å². The molecule has 2 heterocycles. The highest BCUT2D eigenvalue weighted by molar-refractivity contribution is 7.21. The molecule has 0 radical (unpaired) electrons. The summed E-state index contributed by atoms with van der Waals surface area (Å²) < 4.78 is 3.43. The van der Waals surface area contributed by atoms with Crippen molar-refractivity contribution in [3.63, 3.8) is 0 Å². The summed E-state index contributed by atoms with van der Waals surface area (Å²) in [6.45, 7) is 8.60. The molecule has 1 N–H and O–H groups in total. The number of hydrogen-bond acceptors (Lipinski definition) is 4. The number of hydrogen-bond donors (Lipinski definition) is 1. The van der Waals surface area contributed by atoms with Gasteiger partial charge in [-0.15, -0.1) is 11.3 Å². The molecular formula is C20H25N4S+. The lowest BCUT2D eigenvalue weighted by Crippen LogP contribution is -2.43. The average Bonchev–Trinajstić information content (AvgIpc) is 2.61. The van der Waals surface area contributed by atoms with E-state index >= 15 is 0 Å². The molecule has 0 unspecified atom stereocenters. The number of aryl methyl sites for hydroxylation is 2. The highest BCUT2D eigenvalue weighted by Crippen LogP contribution is 2.35. The van der Waals surface area contributed by atoms with Gasteiger partial charge in [-0.1, -0.05) is 0 Å². The second-order valence-electron chi connectivity index (χ2n) is 7.06. The number of nitrogens with zero attached hydrogens (tertiary/aromatic N) is 3. The molecule has 0 atom stereocenters. The van der Waals surface area contributed by atoms with E-state index in [-0.39, 0.29) is 0 Å². The van der Waals surface area contributed by atoms with Crippen LogP contribution in [0.3, 0.4) is 0 Å². The first-order valence-electron chi connectivity index (χ1n) is 8.85. The van der Waals surface area contributed by atoms with Gasteiger partial charge in [0.15, 0.2) is 0 Å². The smallest absolute Gasteiger partial charge is 0.201 e. The van der Waals surface area contributed by atoms with Crippen molar-refractivity contribution >= 4 is 27.2 Å². The minimum Gasteiger partial charge on any atom is -0.369 e. The lowest BCUT2D eigenvalue weighted by atomic mass is 10.1. The van der Waals surface area contributed by atoms with E-state index in [1.54, 1.807) is 0 Å². The van der Waals surface area contributed by atoms with Crippen LogP contribution in [-0.4, -0.2) is 45.3 Å². The highest BCUT2D eigenvalue weighted by atomic mass is 32.1. The Morgan fingerprint density at radius 1 is 1.04 bits per heavy atom. The van der Waals surface area contributed by atoms with Crippen molar-refractivity contribution in [2.75, 3.05) is 45.2 Å². The third-order valence-electron chi connectivity index (χ3n) is 4.94. The number of aromatic nitrogens is 1. The molecule has 0 spiro atoms. The molecule has 0 amide bonds. The normalized spacial score (nSPS) is 15.1. The molecule has 1 aliphatic carbocycles. The predicted molar refractivity (Wildman–Crippen MR) is 108 cm³/mol. The predicted octanol–water partition coefficient (Wildman–Crippen LogP) is 2.46. The first-order chi connectivity index (χ1) is 12.0. The van der Waals surface area contributed by atoms with Gasteiger partial charge in [0.2, 0.25) is 5.36 Å². The molecular weight excluding hydrogens is 328 g/mol. The fraction of sp³-hybridized carbons (Fsp3) is 0.400. The molecule has 1 saturated heterocycles. The van der Waals surface area contributed by atoms with Crippen LogP contribution in [0, 0.1) is 13.8 Å². The van der Waals surface area contributed by atoms with E-state index in [2.05, 4.69) is 67.0 Å². The summed E-state index contributed by atoms with van der Waals surface area (Å²) in [6, 6.07) is 9.09. The summed E-state index contributed by atoms with van der Waals surface area (Å²) in [5.74, 6) is 0. The van der Waals surface area contributed by atoms with Crippen molar-refractivity contribution in [1.29, 1.82) is 0 Å². The Morgan fingerprint density at radius 3 is 2.52 bits per heavy atom. The molecule has 0 bridgehead atoms. The molecule has 1 aromatic rings. The first kappa shape index (κ1) is 16.5. The van der Waals surface area contributed by atoms with E-state index in [9.17, 15) is 0 Å². The molecule has 4 rings (SSSR count). The Balaban J connectivity index is 1.94. The monoisotopic (exact) mass is 353 g/mol. The van der Waals surface area contributed by atoms with Crippen molar-refractivity contribution in [3.05, 3.63) is 40.7 Å². The SMILES string of the molecule is Cc1cc(=[N+](C)C)cc2sc3cc(N4CCNCC4)cc(C)c3nc1-2. The van der Waals surface area contributed by atoms with Gasteiger partial charge in [0.1, 0.15) is 14.1 Å². The summed E-state index contributed by atoms with van der Waals surface area (Å²) in [6.07, 6.45) is 0. The van der Waals surface area contributed by atoms with Crippen LogP contribution in [0.4, 0.5) is 5.69 Å². The second-order valence-corrected chi connectivity index (χ2v) is 8.15. The Morgan fingerprint density at radius 2 is 1.80 bits per heavy atom. The number of rotatable bonds is 1. The molecule has 130 valence electrons. The van der Waals surface area contributed by atoms with Crippen molar-refractivity contribution in [3.8, 4) is 10.6 Å². The minimum atomic E-state index is 1.06. The van der Waals surface area contributed by atoms with Crippen LogP contribution in [0.2, 0.25) is 0 Å². The topological polar surface area (TPSA) is 31.2 Å². The van der Waals surface area contributed by atoms with E-state index in [0.717, 1.165) is 37.4 Å². The Bertz CT molecular complexity index is 979. The van der Waals surface area contributed by atoms with E-state index in [4.69, 9.17) is 4.98 Å². The van der Waals surface area contributed by atoms with Crippen LogP contribution in [0.5, 0.6) is 0 Å². The zero-order chi connectivity index (χ0) is 17.6. The minimum absolute atomic E-state index is 1.06. The van der Waals surface area contributed by atoms with Gasteiger partial charge in [-0.05, 0) is 37.1 Å². The Labute approximate surface area is 152 Å². The van der Waals surface area contributed by atoms with Crippen LogP contribution in [0.15, 0.2) is 24.3 Å². The highest BCUT2D eigenvalue weighted by Gasteiger charge is 2.16. The molecule has 0 aromatic heterocycles. The number of anilines is 1. The van der Waals surface area contributed by atoms with Crippen molar-refractivity contribution < 1.29 is 0 Å². The zero-order valence-corrected chi connectivity index (χ0v) is 16.2. The Hall–Kier alpha value is -1.98. The number of benzene rings is 2. The number of nitrogens with one attached hydrogen (secondary N) is 1. The van der Waals surface area contributed by atoms with Gasteiger partial charge in [0.25, 0.3) is 0 Å². The number of fused-ring (bicyclic) bond motifs is 2. The fourth-order valence-electron chi connectivity index (χ4n) is 3.49. The van der Waals surface area contributed by atoms with E-state index in [0.29, 0.717) is 0 Å². The fourth-order valence-corrected chi connectivity index (χ4v) is 4.70. The van der Waals surface area contributed by atoms with Gasteiger partial charge in [-0.3, -0.25) is 0 Å². The second kappa shape index (κ2) is 6.39. The van der Waals surface area contributed by atoms with Gasteiger partial charge in [-0.25, -0.2) is 9.56 Å². The van der Waals surface area contributed by atoms with Crippen LogP contribution in [0.1, 0.15) is 11.1 Å². The van der Waals surface area contributed by atoms with Crippen LogP contribution >= 0.6 is 11.3 Å².